The van der Waals surface area contributed by atoms with Gasteiger partial charge in [0.15, 0.2) is 0 Å². The molecule has 0 spiro atoms. The first-order valence-corrected chi connectivity index (χ1v) is 8.63. The van der Waals surface area contributed by atoms with E-state index in [0.29, 0.717) is 49.1 Å². The summed E-state index contributed by atoms with van der Waals surface area (Å²) in [4.78, 5) is 20.3. The average Bonchev–Trinajstić information content (AvgIpc) is 2.72. The van der Waals surface area contributed by atoms with Crippen LogP contribution >= 0.6 is 0 Å². The smallest absolute Gasteiger partial charge is 0.417 e. The molecular formula is C19H20F3N3O3. The lowest BCUT2D eigenvalue weighted by molar-refractivity contribution is -0.137. The van der Waals surface area contributed by atoms with Crippen molar-refractivity contribution in [3.63, 3.8) is 0 Å². The Balaban J connectivity index is 1.68. The molecular weight excluding hydrogens is 375 g/mol. The first-order valence-electron chi connectivity index (χ1n) is 8.63. The van der Waals surface area contributed by atoms with Crippen LogP contribution in [0.1, 0.15) is 15.9 Å². The van der Waals surface area contributed by atoms with Crippen molar-refractivity contribution in [1.82, 2.24) is 9.88 Å². The molecule has 6 nitrogen and oxygen atoms in total. The number of hydrogen-bond donors (Lipinski definition) is 0. The molecule has 150 valence electrons. The molecule has 1 aliphatic heterocycles. The van der Waals surface area contributed by atoms with E-state index in [1.807, 2.05) is 4.90 Å². The lowest BCUT2D eigenvalue weighted by Gasteiger charge is -2.35. The maximum atomic E-state index is 12.9. The van der Waals surface area contributed by atoms with Gasteiger partial charge in [-0.1, -0.05) is 0 Å². The van der Waals surface area contributed by atoms with Gasteiger partial charge in [-0.25, -0.2) is 4.98 Å². The van der Waals surface area contributed by atoms with Crippen LogP contribution in [0.2, 0.25) is 0 Å². The Morgan fingerprint density at radius 3 is 2.29 bits per heavy atom. The predicted molar refractivity (Wildman–Crippen MR) is 96.9 cm³/mol. The molecule has 1 aromatic heterocycles. The summed E-state index contributed by atoms with van der Waals surface area (Å²) in [5.41, 5.74) is -0.377. The van der Waals surface area contributed by atoms with Crippen molar-refractivity contribution in [1.29, 1.82) is 0 Å². The topological polar surface area (TPSA) is 54.9 Å². The van der Waals surface area contributed by atoms with Crippen LogP contribution in [0.4, 0.5) is 19.0 Å². The Morgan fingerprint density at radius 1 is 1.04 bits per heavy atom. The summed E-state index contributed by atoms with van der Waals surface area (Å²) in [7, 11) is 3.01. The highest BCUT2D eigenvalue weighted by Crippen LogP contribution is 2.30. The van der Waals surface area contributed by atoms with E-state index in [-0.39, 0.29) is 5.91 Å². The second kappa shape index (κ2) is 7.95. The zero-order valence-corrected chi connectivity index (χ0v) is 15.5. The SMILES string of the molecule is COc1ccc(OC)c(C(=O)N2CCN(c3ccc(C(F)(F)F)cn3)CC2)c1. The summed E-state index contributed by atoms with van der Waals surface area (Å²) in [6.07, 6.45) is -3.58. The van der Waals surface area contributed by atoms with E-state index in [9.17, 15) is 18.0 Å². The first-order chi connectivity index (χ1) is 13.3. The molecule has 1 amide bonds. The van der Waals surface area contributed by atoms with E-state index in [0.717, 1.165) is 12.3 Å². The maximum Gasteiger partial charge on any atom is 0.417 e. The monoisotopic (exact) mass is 395 g/mol. The molecule has 2 heterocycles. The molecule has 9 heteroatoms. The summed E-state index contributed by atoms with van der Waals surface area (Å²) < 4.78 is 48.4. The summed E-state index contributed by atoms with van der Waals surface area (Å²) in [6, 6.07) is 7.38. The van der Waals surface area contributed by atoms with E-state index < -0.39 is 11.7 Å². The number of pyridine rings is 1. The lowest BCUT2D eigenvalue weighted by atomic mass is 10.1. The normalized spacial score (nSPS) is 14.8. The van der Waals surface area contributed by atoms with Crippen LogP contribution in [-0.4, -0.2) is 56.2 Å². The lowest BCUT2D eigenvalue weighted by Crippen LogP contribution is -2.49. The number of benzene rings is 1. The van der Waals surface area contributed by atoms with Crippen molar-refractivity contribution in [3.05, 3.63) is 47.7 Å². The van der Waals surface area contributed by atoms with Crippen molar-refractivity contribution in [2.24, 2.45) is 0 Å². The Morgan fingerprint density at radius 2 is 1.75 bits per heavy atom. The highest BCUT2D eigenvalue weighted by molar-refractivity contribution is 5.97. The number of alkyl halides is 3. The fourth-order valence-corrected chi connectivity index (χ4v) is 3.03. The molecule has 3 rings (SSSR count). The molecule has 0 aliphatic carbocycles. The number of carbonyl (C=O) groups is 1. The van der Waals surface area contributed by atoms with Crippen LogP contribution in [0.3, 0.4) is 0 Å². The van der Waals surface area contributed by atoms with Gasteiger partial charge in [0.05, 0.1) is 25.3 Å². The Labute approximate surface area is 160 Å². The molecule has 1 saturated heterocycles. The van der Waals surface area contributed by atoms with Gasteiger partial charge < -0.3 is 19.3 Å². The molecule has 0 radical (unpaired) electrons. The number of hydrogen-bond acceptors (Lipinski definition) is 5. The van der Waals surface area contributed by atoms with Crippen LogP contribution in [0.25, 0.3) is 0 Å². The van der Waals surface area contributed by atoms with Gasteiger partial charge in [0, 0.05) is 32.4 Å². The van der Waals surface area contributed by atoms with Gasteiger partial charge in [-0.15, -0.1) is 0 Å². The van der Waals surface area contributed by atoms with E-state index >= 15 is 0 Å². The molecule has 1 fully saturated rings. The molecule has 0 atom stereocenters. The van der Waals surface area contributed by atoms with Crippen molar-refractivity contribution in [2.75, 3.05) is 45.3 Å². The molecule has 1 aliphatic rings. The molecule has 1 aromatic carbocycles. The number of aromatic nitrogens is 1. The average molecular weight is 395 g/mol. The first kappa shape index (κ1) is 19.8. The number of carbonyl (C=O) groups excluding carboxylic acids is 1. The van der Waals surface area contributed by atoms with Gasteiger partial charge in [0.25, 0.3) is 5.91 Å². The zero-order chi connectivity index (χ0) is 20.3. The molecule has 2 aromatic rings. The summed E-state index contributed by atoms with van der Waals surface area (Å²) in [6.45, 7) is 1.77. The van der Waals surface area contributed by atoms with Gasteiger partial charge in [0.2, 0.25) is 0 Å². The molecule has 28 heavy (non-hydrogen) atoms. The second-order valence-electron chi connectivity index (χ2n) is 6.25. The molecule has 0 saturated carbocycles. The van der Waals surface area contributed by atoms with Gasteiger partial charge in [0.1, 0.15) is 17.3 Å². The van der Waals surface area contributed by atoms with E-state index in [2.05, 4.69) is 4.98 Å². The summed E-state index contributed by atoms with van der Waals surface area (Å²) in [5, 5.41) is 0. The fourth-order valence-electron chi connectivity index (χ4n) is 3.03. The van der Waals surface area contributed by atoms with Crippen LogP contribution in [0.5, 0.6) is 11.5 Å². The largest absolute Gasteiger partial charge is 0.497 e. The Hall–Kier alpha value is -2.97. The number of rotatable bonds is 4. The number of amides is 1. The van der Waals surface area contributed by atoms with Gasteiger partial charge in [-0.2, -0.15) is 13.2 Å². The van der Waals surface area contributed by atoms with Crippen LogP contribution in [-0.2, 0) is 6.18 Å². The van der Waals surface area contributed by atoms with Crippen molar-refractivity contribution in [2.45, 2.75) is 6.18 Å². The molecule has 0 bridgehead atoms. The third-order valence-electron chi connectivity index (χ3n) is 4.60. The number of piperazine rings is 1. The minimum atomic E-state index is -4.41. The second-order valence-corrected chi connectivity index (χ2v) is 6.25. The molecule has 0 N–H and O–H groups in total. The predicted octanol–water partition coefficient (Wildman–Crippen LogP) is 3.08. The van der Waals surface area contributed by atoms with Crippen molar-refractivity contribution < 1.29 is 27.4 Å². The summed E-state index contributed by atoms with van der Waals surface area (Å²) >= 11 is 0. The van der Waals surface area contributed by atoms with E-state index in [4.69, 9.17) is 9.47 Å². The minimum Gasteiger partial charge on any atom is -0.497 e. The standard InChI is InChI=1S/C19H20F3N3O3/c1-27-14-4-5-16(28-2)15(11-14)18(26)25-9-7-24(8-10-25)17-6-3-13(12-23-17)19(20,21)22/h3-6,11-12H,7-10H2,1-2H3. The van der Waals surface area contributed by atoms with E-state index in [1.54, 1.807) is 23.1 Å². The third kappa shape index (κ3) is 4.13. The van der Waals surface area contributed by atoms with Gasteiger partial charge >= 0.3 is 6.18 Å². The van der Waals surface area contributed by atoms with E-state index in [1.165, 1.54) is 20.3 Å². The number of anilines is 1. The van der Waals surface area contributed by atoms with Crippen LogP contribution in [0.15, 0.2) is 36.5 Å². The highest BCUT2D eigenvalue weighted by Gasteiger charge is 2.31. The maximum absolute atomic E-state index is 12.9. The third-order valence-corrected chi connectivity index (χ3v) is 4.60. The number of nitrogens with zero attached hydrogens (tertiary/aromatic N) is 3. The van der Waals surface area contributed by atoms with Gasteiger partial charge in [-0.05, 0) is 30.3 Å². The minimum absolute atomic E-state index is 0.184. The molecule has 0 unspecified atom stereocenters. The summed E-state index contributed by atoms with van der Waals surface area (Å²) in [5.74, 6) is 1.28. The van der Waals surface area contributed by atoms with Crippen molar-refractivity contribution >= 4 is 11.7 Å². The van der Waals surface area contributed by atoms with Crippen LogP contribution < -0.4 is 14.4 Å². The van der Waals surface area contributed by atoms with Crippen molar-refractivity contribution in [3.8, 4) is 11.5 Å². The highest BCUT2D eigenvalue weighted by atomic mass is 19.4. The zero-order valence-electron chi connectivity index (χ0n) is 15.5. The fraction of sp³-hybridized carbons (Fsp3) is 0.368. The quantitative estimate of drug-likeness (QED) is 0.797. The number of methoxy groups -OCH3 is 2. The number of ether oxygens (including phenoxy) is 2. The van der Waals surface area contributed by atoms with Gasteiger partial charge in [-0.3, -0.25) is 4.79 Å². The Kier molecular flexibility index (Phi) is 5.62. The number of halogens is 3. The van der Waals surface area contributed by atoms with Crippen LogP contribution in [0, 0.1) is 0 Å². The Bertz CT molecular complexity index is 833.